The zero-order chi connectivity index (χ0) is 15.7. The first kappa shape index (κ1) is 13.9. The molecule has 2 N–H and O–H groups in total. The highest BCUT2D eigenvalue weighted by Crippen LogP contribution is 2.19. The largest absolute Gasteiger partial charge is 0.404 e. The van der Waals surface area contributed by atoms with E-state index >= 15 is 0 Å². The van der Waals surface area contributed by atoms with Crippen LogP contribution in [0.4, 0.5) is 5.82 Å². The van der Waals surface area contributed by atoms with E-state index in [0.717, 1.165) is 5.69 Å². The Morgan fingerprint density at radius 1 is 1.27 bits per heavy atom. The molecule has 3 aromatic rings. The van der Waals surface area contributed by atoms with Crippen molar-refractivity contribution in [2.75, 3.05) is 19.8 Å². The Labute approximate surface area is 126 Å². The maximum atomic E-state index is 12.1. The number of rotatable bonds is 3. The fourth-order valence-electron chi connectivity index (χ4n) is 2.03. The van der Waals surface area contributed by atoms with Crippen molar-refractivity contribution in [3.63, 3.8) is 0 Å². The van der Waals surface area contributed by atoms with Crippen LogP contribution in [0.1, 0.15) is 5.89 Å². The molecule has 112 valence electrons. The summed E-state index contributed by atoms with van der Waals surface area (Å²) in [7, 11) is 3.72. The lowest BCUT2D eigenvalue weighted by atomic mass is 10.3. The van der Waals surface area contributed by atoms with Gasteiger partial charge in [0, 0.05) is 26.4 Å². The topological polar surface area (TPSA) is 90.2 Å². The standard InChI is InChI=1S/C15H15N5O2/c1-19(2)9-8-11-17-14-12(15(21)22-11)13(16)18-20(14)10-6-4-3-5-7-10/h3-9H,1-2H3,(H2,16,18). The molecule has 7 nitrogen and oxygen atoms in total. The van der Waals surface area contributed by atoms with Crippen LogP contribution < -0.4 is 11.4 Å². The summed E-state index contributed by atoms with van der Waals surface area (Å²) in [6.07, 6.45) is 3.35. The molecule has 0 aliphatic rings. The number of benzene rings is 1. The van der Waals surface area contributed by atoms with Gasteiger partial charge >= 0.3 is 5.63 Å². The lowest BCUT2D eigenvalue weighted by molar-refractivity contribution is 0.487. The summed E-state index contributed by atoms with van der Waals surface area (Å²) < 4.78 is 6.69. The molecule has 0 amide bonds. The number of nitrogens with two attached hydrogens (primary N) is 1. The van der Waals surface area contributed by atoms with Crippen LogP contribution in [-0.2, 0) is 0 Å². The third-order valence-corrected chi connectivity index (χ3v) is 3.02. The van der Waals surface area contributed by atoms with E-state index in [9.17, 15) is 4.79 Å². The summed E-state index contributed by atoms with van der Waals surface area (Å²) in [6.45, 7) is 0. The lowest BCUT2D eigenvalue weighted by Gasteiger charge is -2.03. The number of aromatic nitrogens is 3. The van der Waals surface area contributed by atoms with Crippen LogP contribution in [0.2, 0.25) is 0 Å². The number of hydrogen-bond acceptors (Lipinski definition) is 6. The highest BCUT2D eigenvalue weighted by Gasteiger charge is 2.16. The van der Waals surface area contributed by atoms with Crippen LogP contribution in [0, 0.1) is 0 Å². The molecule has 0 aliphatic carbocycles. The molecule has 0 atom stereocenters. The maximum absolute atomic E-state index is 12.1. The molecule has 3 rings (SSSR count). The van der Waals surface area contributed by atoms with Gasteiger partial charge in [0.05, 0.1) is 5.69 Å². The fourth-order valence-corrected chi connectivity index (χ4v) is 2.03. The molecule has 2 heterocycles. The Kier molecular flexibility index (Phi) is 3.38. The monoisotopic (exact) mass is 297 g/mol. The first-order valence-electron chi connectivity index (χ1n) is 6.65. The van der Waals surface area contributed by atoms with Crippen LogP contribution in [0.25, 0.3) is 22.8 Å². The summed E-state index contributed by atoms with van der Waals surface area (Å²) in [5, 5.41) is 4.38. The van der Waals surface area contributed by atoms with Crippen molar-refractivity contribution in [2.24, 2.45) is 0 Å². The molecule has 7 heteroatoms. The molecule has 0 fully saturated rings. The van der Waals surface area contributed by atoms with Gasteiger partial charge in [0.25, 0.3) is 0 Å². The molecular formula is C15H15N5O2. The molecule has 0 radical (unpaired) electrons. The third kappa shape index (κ3) is 2.44. The lowest BCUT2D eigenvalue weighted by Crippen LogP contribution is -2.06. The highest BCUT2D eigenvalue weighted by molar-refractivity contribution is 5.86. The molecule has 0 aliphatic heterocycles. The van der Waals surface area contributed by atoms with Gasteiger partial charge in [-0.05, 0) is 12.1 Å². The first-order valence-corrected chi connectivity index (χ1v) is 6.65. The summed E-state index contributed by atoms with van der Waals surface area (Å²) in [4.78, 5) is 18.3. The molecule has 1 aromatic carbocycles. The van der Waals surface area contributed by atoms with Crippen molar-refractivity contribution in [3.8, 4) is 5.69 Å². The molecule has 0 saturated heterocycles. The van der Waals surface area contributed by atoms with Crippen molar-refractivity contribution >= 4 is 22.9 Å². The fraction of sp³-hybridized carbons (Fsp3) is 0.133. The van der Waals surface area contributed by atoms with Gasteiger partial charge in [0.15, 0.2) is 11.5 Å². The average molecular weight is 297 g/mol. The van der Waals surface area contributed by atoms with Crippen LogP contribution in [0.5, 0.6) is 0 Å². The molecule has 0 unspecified atom stereocenters. The molecule has 0 saturated carbocycles. The Bertz CT molecular complexity index is 893. The number of para-hydroxylation sites is 1. The van der Waals surface area contributed by atoms with Crippen LogP contribution in [0.3, 0.4) is 0 Å². The predicted octanol–water partition coefficient (Wildman–Crippen LogP) is 1.49. The Morgan fingerprint density at radius 3 is 2.68 bits per heavy atom. The van der Waals surface area contributed by atoms with E-state index < -0.39 is 5.63 Å². The second-order valence-electron chi connectivity index (χ2n) is 4.95. The number of anilines is 1. The van der Waals surface area contributed by atoms with Gasteiger partial charge < -0.3 is 15.1 Å². The molecule has 22 heavy (non-hydrogen) atoms. The van der Waals surface area contributed by atoms with Gasteiger partial charge in [-0.1, -0.05) is 18.2 Å². The Morgan fingerprint density at radius 2 is 2.00 bits per heavy atom. The van der Waals surface area contributed by atoms with Crippen LogP contribution in [-0.4, -0.2) is 33.8 Å². The molecule has 0 spiro atoms. The van der Waals surface area contributed by atoms with E-state index in [4.69, 9.17) is 10.2 Å². The third-order valence-electron chi connectivity index (χ3n) is 3.02. The number of nitrogen functional groups attached to an aromatic ring is 1. The number of nitrogens with zero attached hydrogens (tertiary/aromatic N) is 4. The first-order chi connectivity index (χ1) is 10.6. The molecule has 0 bridgehead atoms. The normalized spacial score (nSPS) is 11.4. The minimum absolute atomic E-state index is 0.100. The number of hydrogen-bond donors (Lipinski definition) is 1. The minimum Gasteiger partial charge on any atom is -0.404 e. The van der Waals surface area contributed by atoms with Gasteiger partial charge in [0.1, 0.15) is 5.39 Å². The summed E-state index contributed by atoms with van der Waals surface area (Å²) in [5.74, 6) is 0.298. The van der Waals surface area contributed by atoms with E-state index in [0.29, 0.717) is 5.65 Å². The average Bonchev–Trinajstić information content (AvgIpc) is 2.83. The smallest absolute Gasteiger partial charge is 0.352 e. The van der Waals surface area contributed by atoms with Crippen molar-refractivity contribution in [1.29, 1.82) is 0 Å². The van der Waals surface area contributed by atoms with Gasteiger partial charge in [-0.15, -0.1) is 5.10 Å². The molecular weight excluding hydrogens is 282 g/mol. The minimum atomic E-state index is -0.553. The van der Waals surface area contributed by atoms with Gasteiger partial charge in [-0.25, -0.2) is 9.48 Å². The van der Waals surface area contributed by atoms with Crippen molar-refractivity contribution in [3.05, 3.63) is 52.8 Å². The Hall–Kier alpha value is -3.09. The highest BCUT2D eigenvalue weighted by atomic mass is 16.4. The molecule has 2 aromatic heterocycles. The van der Waals surface area contributed by atoms with Gasteiger partial charge in [0.2, 0.25) is 5.89 Å². The zero-order valence-corrected chi connectivity index (χ0v) is 12.2. The quantitative estimate of drug-likeness (QED) is 0.787. The SMILES string of the molecule is CN(C)C=Cc1nc2c(c(N)nn2-c2ccccc2)c(=O)o1. The summed E-state index contributed by atoms with van der Waals surface area (Å²) in [6, 6.07) is 9.36. The Balaban J connectivity index is 2.25. The van der Waals surface area contributed by atoms with E-state index in [1.54, 1.807) is 12.3 Å². The maximum Gasteiger partial charge on any atom is 0.352 e. The van der Waals surface area contributed by atoms with Crippen LogP contribution in [0.15, 0.2) is 45.7 Å². The number of fused-ring (bicyclic) bond motifs is 1. The second-order valence-corrected chi connectivity index (χ2v) is 4.95. The van der Waals surface area contributed by atoms with E-state index in [1.165, 1.54) is 4.68 Å². The summed E-state index contributed by atoms with van der Waals surface area (Å²) in [5.41, 5.74) is 6.42. The van der Waals surface area contributed by atoms with E-state index in [2.05, 4.69) is 10.1 Å². The van der Waals surface area contributed by atoms with Crippen molar-refractivity contribution in [1.82, 2.24) is 19.7 Å². The van der Waals surface area contributed by atoms with Crippen molar-refractivity contribution in [2.45, 2.75) is 0 Å². The van der Waals surface area contributed by atoms with Crippen LogP contribution >= 0.6 is 0 Å². The second kappa shape index (κ2) is 5.36. The summed E-state index contributed by atoms with van der Waals surface area (Å²) >= 11 is 0. The van der Waals surface area contributed by atoms with Crippen molar-refractivity contribution < 1.29 is 4.42 Å². The van der Waals surface area contributed by atoms with E-state index in [-0.39, 0.29) is 17.1 Å². The van der Waals surface area contributed by atoms with Gasteiger partial charge in [-0.3, -0.25) is 0 Å². The predicted molar refractivity (Wildman–Crippen MR) is 84.5 cm³/mol. The van der Waals surface area contributed by atoms with Gasteiger partial charge in [-0.2, -0.15) is 4.98 Å². The zero-order valence-electron chi connectivity index (χ0n) is 12.2. The van der Waals surface area contributed by atoms with E-state index in [1.807, 2.05) is 49.3 Å².